The van der Waals surface area contributed by atoms with Crippen LogP contribution < -0.4 is 5.32 Å². The molecular formula is C13H16N2O5. The molecule has 0 aromatic heterocycles. The Morgan fingerprint density at radius 1 is 1.45 bits per heavy atom. The van der Waals surface area contributed by atoms with Crippen LogP contribution in [-0.4, -0.2) is 27.9 Å². The van der Waals surface area contributed by atoms with Crippen molar-refractivity contribution in [1.29, 1.82) is 0 Å². The zero-order chi connectivity index (χ0) is 15.1. The van der Waals surface area contributed by atoms with Crippen LogP contribution in [0.2, 0.25) is 0 Å². The predicted molar refractivity (Wildman–Crippen MR) is 71.3 cm³/mol. The normalized spacial score (nSPS) is 11.7. The Morgan fingerprint density at radius 3 is 2.70 bits per heavy atom. The highest BCUT2D eigenvalue weighted by molar-refractivity contribution is 5.84. The van der Waals surface area contributed by atoms with Crippen molar-refractivity contribution in [3.63, 3.8) is 0 Å². The van der Waals surface area contributed by atoms with Crippen LogP contribution in [-0.2, 0) is 16.0 Å². The second kappa shape index (κ2) is 7.22. The Bertz CT molecular complexity index is 515. The Labute approximate surface area is 115 Å². The largest absolute Gasteiger partial charge is 0.480 e. The summed E-state index contributed by atoms with van der Waals surface area (Å²) in [6.45, 7) is 1.82. The number of carbonyl (C=O) groups is 2. The van der Waals surface area contributed by atoms with E-state index in [1.807, 2.05) is 6.92 Å². The second-order valence-corrected chi connectivity index (χ2v) is 4.35. The second-order valence-electron chi connectivity index (χ2n) is 4.35. The summed E-state index contributed by atoms with van der Waals surface area (Å²) in [6.07, 6.45) is 0.888. The standard InChI is InChI=1S/C13H16N2O5/c1-2-4-11(13(17)18)14-12(16)8-9-5-3-6-10(7-9)15(19)20/h3,5-7,11H,2,4,8H2,1H3,(H,14,16)(H,17,18)/t11-/m0/s1. The summed E-state index contributed by atoms with van der Waals surface area (Å²) in [5.74, 6) is -1.55. The van der Waals surface area contributed by atoms with E-state index in [1.165, 1.54) is 18.2 Å². The molecule has 108 valence electrons. The van der Waals surface area contributed by atoms with Crippen LogP contribution in [0.15, 0.2) is 24.3 Å². The number of hydrogen-bond donors (Lipinski definition) is 2. The molecular weight excluding hydrogens is 264 g/mol. The van der Waals surface area contributed by atoms with Crippen LogP contribution >= 0.6 is 0 Å². The number of aliphatic carboxylic acids is 1. The first-order valence-corrected chi connectivity index (χ1v) is 6.19. The highest BCUT2D eigenvalue weighted by Crippen LogP contribution is 2.13. The number of nitrogens with zero attached hydrogens (tertiary/aromatic N) is 1. The van der Waals surface area contributed by atoms with Crippen LogP contribution in [0.4, 0.5) is 5.69 Å². The predicted octanol–water partition coefficient (Wildman–Crippen LogP) is 1.51. The van der Waals surface area contributed by atoms with Gasteiger partial charge in [-0.1, -0.05) is 25.5 Å². The van der Waals surface area contributed by atoms with Gasteiger partial charge in [0.05, 0.1) is 11.3 Å². The number of benzene rings is 1. The van der Waals surface area contributed by atoms with Crippen molar-refractivity contribution in [2.24, 2.45) is 0 Å². The minimum Gasteiger partial charge on any atom is -0.480 e. The Kier molecular flexibility index (Phi) is 5.64. The number of hydrogen-bond acceptors (Lipinski definition) is 4. The molecule has 1 atom stereocenters. The molecule has 0 heterocycles. The fourth-order valence-electron chi connectivity index (χ4n) is 1.76. The van der Waals surface area contributed by atoms with Crippen LogP contribution in [0, 0.1) is 10.1 Å². The molecule has 1 amide bonds. The maximum Gasteiger partial charge on any atom is 0.326 e. The number of carbonyl (C=O) groups excluding carboxylic acids is 1. The summed E-state index contributed by atoms with van der Waals surface area (Å²) in [5, 5.41) is 22.0. The van der Waals surface area contributed by atoms with Crippen LogP contribution in [0.5, 0.6) is 0 Å². The Balaban J connectivity index is 2.68. The van der Waals surface area contributed by atoms with Gasteiger partial charge in [-0.15, -0.1) is 0 Å². The summed E-state index contributed by atoms with van der Waals surface area (Å²) in [7, 11) is 0. The van der Waals surface area contributed by atoms with Crippen molar-refractivity contribution in [3.05, 3.63) is 39.9 Å². The SMILES string of the molecule is CCC[C@H](NC(=O)Cc1cccc([N+](=O)[O-])c1)C(=O)O. The van der Waals surface area contributed by atoms with Gasteiger partial charge < -0.3 is 10.4 Å². The minimum atomic E-state index is -1.08. The lowest BCUT2D eigenvalue weighted by Crippen LogP contribution is -2.41. The highest BCUT2D eigenvalue weighted by atomic mass is 16.6. The molecule has 0 aliphatic rings. The van der Waals surface area contributed by atoms with Gasteiger partial charge >= 0.3 is 5.97 Å². The van der Waals surface area contributed by atoms with Gasteiger partial charge in [0.1, 0.15) is 6.04 Å². The fourth-order valence-corrected chi connectivity index (χ4v) is 1.76. The summed E-state index contributed by atoms with van der Waals surface area (Å²) in [6, 6.07) is 4.78. The maximum atomic E-state index is 11.7. The molecule has 0 saturated heterocycles. The van der Waals surface area contributed by atoms with Crippen molar-refractivity contribution in [2.75, 3.05) is 0 Å². The monoisotopic (exact) mass is 280 g/mol. The van der Waals surface area contributed by atoms with Crippen molar-refractivity contribution in [2.45, 2.75) is 32.2 Å². The molecule has 0 radical (unpaired) electrons. The first-order chi connectivity index (χ1) is 9.43. The Morgan fingerprint density at radius 2 is 2.15 bits per heavy atom. The average molecular weight is 280 g/mol. The third-order valence-corrected chi connectivity index (χ3v) is 2.70. The molecule has 0 spiro atoms. The van der Waals surface area contributed by atoms with Gasteiger partial charge in [-0.3, -0.25) is 14.9 Å². The van der Waals surface area contributed by atoms with E-state index in [4.69, 9.17) is 5.11 Å². The molecule has 0 fully saturated rings. The van der Waals surface area contributed by atoms with Crippen molar-refractivity contribution in [3.8, 4) is 0 Å². The van der Waals surface area contributed by atoms with E-state index in [0.717, 1.165) is 0 Å². The van der Waals surface area contributed by atoms with E-state index >= 15 is 0 Å². The topological polar surface area (TPSA) is 110 Å². The summed E-state index contributed by atoms with van der Waals surface area (Å²) in [4.78, 5) is 32.7. The Hall–Kier alpha value is -2.44. The quantitative estimate of drug-likeness (QED) is 0.581. The zero-order valence-electron chi connectivity index (χ0n) is 11.0. The molecule has 7 nitrogen and oxygen atoms in total. The summed E-state index contributed by atoms with van der Waals surface area (Å²) in [5.41, 5.74) is 0.371. The molecule has 1 aromatic carbocycles. The van der Waals surface area contributed by atoms with Crippen LogP contribution in [0.25, 0.3) is 0 Å². The number of carboxylic acid groups (broad SMARTS) is 1. The van der Waals surface area contributed by atoms with E-state index in [9.17, 15) is 19.7 Å². The van der Waals surface area contributed by atoms with Crippen molar-refractivity contribution in [1.82, 2.24) is 5.32 Å². The lowest BCUT2D eigenvalue weighted by atomic mass is 10.1. The van der Waals surface area contributed by atoms with E-state index in [-0.39, 0.29) is 12.1 Å². The minimum absolute atomic E-state index is 0.0881. The fraction of sp³-hybridized carbons (Fsp3) is 0.385. The number of nitro benzene ring substituents is 1. The number of carboxylic acids is 1. The molecule has 0 bridgehead atoms. The molecule has 7 heteroatoms. The number of amides is 1. The molecule has 0 saturated carbocycles. The van der Waals surface area contributed by atoms with Crippen LogP contribution in [0.3, 0.4) is 0 Å². The van der Waals surface area contributed by atoms with Gasteiger partial charge in [0, 0.05) is 12.1 Å². The van der Waals surface area contributed by atoms with E-state index < -0.39 is 22.8 Å². The first-order valence-electron chi connectivity index (χ1n) is 6.19. The molecule has 20 heavy (non-hydrogen) atoms. The summed E-state index contributed by atoms with van der Waals surface area (Å²) < 4.78 is 0. The van der Waals surface area contributed by atoms with Crippen molar-refractivity contribution < 1.29 is 19.6 Å². The highest BCUT2D eigenvalue weighted by Gasteiger charge is 2.19. The van der Waals surface area contributed by atoms with Crippen LogP contribution in [0.1, 0.15) is 25.3 Å². The first kappa shape index (κ1) is 15.6. The smallest absolute Gasteiger partial charge is 0.326 e. The number of nitrogens with one attached hydrogen (secondary N) is 1. The van der Waals surface area contributed by atoms with Crippen molar-refractivity contribution >= 4 is 17.6 Å². The van der Waals surface area contributed by atoms with Gasteiger partial charge in [0.2, 0.25) is 5.91 Å². The zero-order valence-corrected chi connectivity index (χ0v) is 11.0. The van der Waals surface area contributed by atoms with Gasteiger partial charge in [-0.05, 0) is 12.0 Å². The molecule has 0 aliphatic heterocycles. The maximum absolute atomic E-state index is 11.7. The van der Waals surface area contributed by atoms with E-state index in [0.29, 0.717) is 18.4 Å². The van der Waals surface area contributed by atoms with Gasteiger partial charge in [-0.25, -0.2) is 4.79 Å². The van der Waals surface area contributed by atoms with E-state index in [2.05, 4.69) is 5.32 Å². The molecule has 1 aromatic rings. The molecule has 2 N–H and O–H groups in total. The number of rotatable bonds is 7. The van der Waals surface area contributed by atoms with E-state index in [1.54, 1.807) is 6.07 Å². The lowest BCUT2D eigenvalue weighted by Gasteiger charge is -2.13. The third kappa shape index (κ3) is 4.68. The molecule has 0 unspecified atom stereocenters. The number of non-ortho nitro benzene ring substituents is 1. The van der Waals surface area contributed by atoms with Gasteiger partial charge in [-0.2, -0.15) is 0 Å². The molecule has 0 aliphatic carbocycles. The lowest BCUT2D eigenvalue weighted by molar-refractivity contribution is -0.384. The van der Waals surface area contributed by atoms with Gasteiger partial charge in [0.15, 0.2) is 0 Å². The molecule has 1 rings (SSSR count). The summed E-state index contributed by atoms with van der Waals surface area (Å²) >= 11 is 0. The van der Waals surface area contributed by atoms with Gasteiger partial charge in [0.25, 0.3) is 5.69 Å². The third-order valence-electron chi connectivity index (χ3n) is 2.70. The average Bonchev–Trinajstić information content (AvgIpc) is 2.38. The number of nitro groups is 1.